The monoisotopic (exact) mass is 702 g/mol. The van der Waals surface area contributed by atoms with Crippen LogP contribution in [-0.4, -0.2) is 47.7 Å². The van der Waals surface area contributed by atoms with E-state index < -0.39 is 0 Å². The standard InChI is InChI=1S/C46H79N5/c1-4-13-32(14-5-1)34-23-27-36(28-24-34)43-48-44(37-29-25-35(26-30-37)33-15-6-2-7-16-33)50-45(49-43)38-17-12-18-39(31-38)46-47-41-21-10-11-22-42(41)51(46)40-19-8-3-9-20-40/h27,32-35,37-50H,1-26,28-31H2. The molecular weight excluding hydrogens is 623 g/mol. The lowest BCUT2D eigenvalue weighted by molar-refractivity contribution is 0.0235. The molecule has 0 aromatic heterocycles. The fraction of sp³-hybridized carbons (Fsp3) is 0.957. The molecule has 0 radical (unpaired) electrons. The van der Waals surface area contributed by atoms with E-state index in [-0.39, 0.29) is 0 Å². The average Bonchev–Trinajstić information content (AvgIpc) is 3.62. The van der Waals surface area contributed by atoms with Crippen LogP contribution >= 0.6 is 0 Å². The summed E-state index contributed by atoms with van der Waals surface area (Å²) in [6, 6.07) is 2.41. The first-order chi connectivity index (χ1) is 25.3. The van der Waals surface area contributed by atoms with Crippen molar-refractivity contribution in [3.05, 3.63) is 11.6 Å². The molecule has 5 nitrogen and oxygen atoms in total. The van der Waals surface area contributed by atoms with Crippen LogP contribution in [0.2, 0.25) is 0 Å². The average molecular weight is 702 g/mol. The van der Waals surface area contributed by atoms with Crippen molar-refractivity contribution in [2.75, 3.05) is 0 Å². The Morgan fingerprint density at radius 3 is 1.71 bits per heavy atom. The van der Waals surface area contributed by atoms with Crippen LogP contribution in [0.4, 0.5) is 0 Å². The van der Waals surface area contributed by atoms with Gasteiger partial charge in [0.25, 0.3) is 0 Å². The van der Waals surface area contributed by atoms with E-state index in [1.807, 2.05) is 0 Å². The topological polar surface area (TPSA) is 51.4 Å². The van der Waals surface area contributed by atoms with Crippen LogP contribution in [0.25, 0.3) is 0 Å². The summed E-state index contributed by atoms with van der Waals surface area (Å²) >= 11 is 0. The van der Waals surface area contributed by atoms with Gasteiger partial charge in [-0.05, 0) is 137 Å². The van der Waals surface area contributed by atoms with Crippen LogP contribution in [0.5, 0.6) is 0 Å². The third-order valence-electron chi connectivity index (χ3n) is 17.3. The fourth-order valence-electron chi connectivity index (χ4n) is 14.5. The van der Waals surface area contributed by atoms with E-state index in [1.54, 1.807) is 5.57 Å². The third-order valence-corrected chi connectivity index (χ3v) is 17.3. The van der Waals surface area contributed by atoms with Gasteiger partial charge in [-0.1, -0.05) is 109 Å². The second-order valence-corrected chi connectivity index (χ2v) is 20.2. The summed E-state index contributed by atoms with van der Waals surface area (Å²) in [5.74, 6) is 6.35. The number of hydrogen-bond acceptors (Lipinski definition) is 5. The van der Waals surface area contributed by atoms with Gasteiger partial charge in [0, 0.05) is 18.1 Å². The number of nitrogens with one attached hydrogen (secondary N) is 4. The van der Waals surface area contributed by atoms with Crippen LogP contribution in [0.3, 0.4) is 0 Å². The van der Waals surface area contributed by atoms with E-state index in [0.29, 0.717) is 24.7 Å². The normalized spacial score (nSPS) is 44.5. The molecule has 2 heterocycles. The van der Waals surface area contributed by atoms with Gasteiger partial charge < -0.3 is 0 Å². The molecule has 7 aliphatic carbocycles. The molecule has 51 heavy (non-hydrogen) atoms. The molecule has 2 saturated heterocycles. The van der Waals surface area contributed by atoms with Gasteiger partial charge >= 0.3 is 0 Å². The van der Waals surface area contributed by atoms with Crippen molar-refractivity contribution in [1.29, 1.82) is 0 Å². The molecule has 9 atom stereocenters. The highest BCUT2D eigenvalue weighted by molar-refractivity contribution is 5.16. The minimum atomic E-state index is 0.371. The van der Waals surface area contributed by atoms with Crippen molar-refractivity contribution in [3.63, 3.8) is 0 Å². The lowest BCUT2D eigenvalue weighted by atomic mass is 9.70. The van der Waals surface area contributed by atoms with E-state index in [2.05, 4.69) is 32.2 Å². The van der Waals surface area contributed by atoms with Crippen molar-refractivity contribution in [3.8, 4) is 0 Å². The number of rotatable bonds is 7. The molecule has 9 aliphatic rings. The Morgan fingerprint density at radius 2 is 1.00 bits per heavy atom. The first kappa shape index (κ1) is 36.2. The first-order valence-electron chi connectivity index (χ1n) is 23.8. The number of nitrogens with zero attached hydrogens (tertiary/aromatic N) is 1. The number of fused-ring (bicyclic) bond motifs is 1. The van der Waals surface area contributed by atoms with Crippen molar-refractivity contribution in [1.82, 2.24) is 26.2 Å². The van der Waals surface area contributed by atoms with Gasteiger partial charge in [0.1, 0.15) is 0 Å². The molecule has 0 aromatic carbocycles. The van der Waals surface area contributed by atoms with Crippen molar-refractivity contribution >= 4 is 0 Å². The first-order valence-corrected chi connectivity index (χ1v) is 23.8. The molecular formula is C46H79N5. The largest absolute Gasteiger partial charge is 0.297 e. The molecule has 9 unspecified atom stereocenters. The quantitative estimate of drug-likeness (QED) is 0.199. The third kappa shape index (κ3) is 8.24. The van der Waals surface area contributed by atoms with E-state index in [1.165, 1.54) is 193 Å². The van der Waals surface area contributed by atoms with Gasteiger partial charge in [-0.25, -0.2) is 0 Å². The summed E-state index contributed by atoms with van der Waals surface area (Å²) in [6.45, 7) is 0. The predicted molar refractivity (Wildman–Crippen MR) is 212 cm³/mol. The summed E-state index contributed by atoms with van der Waals surface area (Å²) in [7, 11) is 0. The second kappa shape index (κ2) is 17.1. The SMILES string of the molecule is C1=C(C2NC(C3CCC(C4CCCCC4)CC3)NC(C3CCCC(C4NC5CCCCC5N4C4CCCCC4)C3)N2)CCC(C2CCCCC2)C1. The van der Waals surface area contributed by atoms with Crippen molar-refractivity contribution < 1.29 is 0 Å². The highest BCUT2D eigenvalue weighted by Crippen LogP contribution is 2.45. The Morgan fingerprint density at radius 1 is 0.431 bits per heavy atom. The molecule has 6 saturated carbocycles. The smallest absolute Gasteiger partial charge is 0.0818 e. The van der Waals surface area contributed by atoms with Gasteiger partial charge in [0.2, 0.25) is 0 Å². The molecule has 288 valence electrons. The maximum Gasteiger partial charge on any atom is 0.0818 e. The van der Waals surface area contributed by atoms with Crippen LogP contribution in [0.1, 0.15) is 193 Å². The summed E-state index contributed by atoms with van der Waals surface area (Å²) in [6.07, 6.45) is 48.3. The van der Waals surface area contributed by atoms with Crippen LogP contribution in [0.15, 0.2) is 11.6 Å². The van der Waals surface area contributed by atoms with Crippen LogP contribution in [-0.2, 0) is 0 Å². The Kier molecular flexibility index (Phi) is 12.2. The summed E-state index contributed by atoms with van der Waals surface area (Å²) < 4.78 is 0. The van der Waals surface area contributed by atoms with Gasteiger partial charge in [-0.2, -0.15) is 0 Å². The van der Waals surface area contributed by atoms with Crippen molar-refractivity contribution in [2.45, 2.75) is 235 Å². The van der Waals surface area contributed by atoms with Gasteiger partial charge in [0.05, 0.1) is 24.7 Å². The molecule has 0 bridgehead atoms. The predicted octanol–water partition coefficient (Wildman–Crippen LogP) is 10.1. The lowest BCUT2D eigenvalue weighted by Gasteiger charge is -2.50. The Labute approximate surface area is 313 Å². The van der Waals surface area contributed by atoms with Gasteiger partial charge in [-0.15, -0.1) is 0 Å². The molecule has 9 rings (SSSR count). The molecule has 8 fully saturated rings. The van der Waals surface area contributed by atoms with Crippen LogP contribution in [0, 0.1) is 41.4 Å². The molecule has 5 heteroatoms. The zero-order valence-electron chi connectivity index (χ0n) is 32.8. The summed E-state index contributed by atoms with van der Waals surface area (Å²) in [5.41, 5.74) is 1.71. The zero-order valence-corrected chi connectivity index (χ0v) is 32.8. The van der Waals surface area contributed by atoms with Crippen molar-refractivity contribution in [2.24, 2.45) is 41.4 Å². The number of allylic oxidation sites excluding steroid dienone is 1. The highest BCUT2D eigenvalue weighted by Gasteiger charge is 2.49. The maximum atomic E-state index is 4.38. The summed E-state index contributed by atoms with van der Waals surface area (Å²) in [5, 5.41) is 17.4. The molecule has 0 spiro atoms. The molecule has 0 amide bonds. The Balaban J connectivity index is 0.900. The van der Waals surface area contributed by atoms with Crippen LogP contribution < -0.4 is 21.3 Å². The lowest BCUT2D eigenvalue weighted by Crippen LogP contribution is -2.71. The Bertz CT molecular complexity index is 1110. The van der Waals surface area contributed by atoms with Gasteiger partial charge in [-0.3, -0.25) is 26.2 Å². The molecule has 4 N–H and O–H groups in total. The van der Waals surface area contributed by atoms with E-state index in [4.69, 9.17) is 0 Å². The summed E-state index contributed by atoms with van der Waals surface area (Å²) in [4.78, 5) is 3.14. The maximum absolute atomic E-state index is 4.38. The fourth-order valence-corrected chi connectivity index (χ4v) is 14.5. The molecule has 2 aliphatic heterocycles. The van der Waals surface area contributed by atoms with Gasteiger partial charge in [0.15, 0.2) is 0 Å². The second-order valence-electron chi connectivity index (χ2n) is 20.2. The minimum Gasteiger partial charge on any atom is -0.297 e. The minimum absolute atomic E-state index is 0.371. The molecule has 0 aromatic rings. The van der Waals surface area contributed by atoms with E-state index in [9.17, 15) is 0 Å². The highest BCUT2D eigenvalue weighted by atomic mass is 15.4. The van der Waals surface area contributed by atoms with E-state index in [0.717, 1.165) is 59.6 Å². The zero-order chi connectivity index (χ0) is 34.0. The Hall–Kier alpha value is -0.460. The van der Waals surface area contributed by atoms with E-state index >= 15 is 0 Å². The number of hydrogen-bond donors (Lipinski definition) is 4.